The lowest BCUT2D eigenvalue weighted by Crippen LogP contribution is -2.13. The van der Waals surface area contributed by atoms with Crippen molar-refractivity contribution < 1.29 is 36.2 Å². The van der Waals surface area contributed by atoms with Crippen LogP contribution in [0.5, 0.6) is 0 Å². The number of aromatic carboxylic acids is 1. The second-order valence-corrected chi connectivity index (χ2v) is 6.32. The third kappa shape index (κ3) is 3.79. The van der Waals surface area contributed by atoms with E-state index in [9.17, 15) is 36.2 Å². The molecule has 0 unspecified atom stereocenters. The molecule has 0 spiro atoms. The Hall–Kier alpha value is -2.52. The van der Waals surface area contributed by atoms with Gasteiger partial charge in [-0.2, -0.15) is 31.4 Å². The average Bonchev–Trinajstić information content (AvgIpc) is 2.75. The minimum Gasteiger partial charge on any atom is -0.476 e. The summed E-state index contributed by atoms with van der Waals surface area (Å²) in [6.45, 7) is 0. The van der Waals surface area contributed by atoms with Crippen LogP contribution in [0.4, 0.5) is 26.3 Å². The minimum atomic E-state index is -4.99. The van der Waals surface area contributed by atoms with Gasteiger partial charge in [0, 0.05) is 11.3 Å². The van der Waals surface area contributed by atoms with E-state index in [1.165, 1.54) is 0 Å². The van der Waals surface area contributed by atoms with Crippen LogP contribution in [-0.4, -0.2) is 20.9 Å². The number of hydrogen-bond acceptors (Lipinski definition) is 2. The first-order valence-corrected chi connectivity index (χ1v) is 8.12. The van der Waals surface area contributed by atoms with Crippen molar-refractivity contribution in [3.8, 4) is 5.69 Å². The average molecular weight is 392 g/mol. The van der Waals surface area contributed by atoms with E-state index in [2.05, 4.69) is 5.10 Å². The molecule has 2 aromatic rings. The summed E-state index contributed by atoms with van der Waals surface area (Å²) in [4.78, 5) is 11.4. The Morgan fingerprint density at radius 1 is 0.926 bits per heavy atom. The summed E-state index contributed by atoms with van der Waals surface area (Å²) >= 11 is 0. The van der Waals surface area contributed by atoms with E-state index in [0.717, 1.165) is 11.1 Å². The molecule has 1 aromatic carbocycles. The Bertz CT molecular complexity index is 851. The van der Waals surface area contributed by atoms with E-state index in [-0.39, 0.29) is 11.8 Å². The molecule has 0 aliphatic heterocycles. The number of alkyl halides is 6. The maximum absolute atomic E-state index is 13.1. The van der Waals surface area contributed by atoms with Gasteiger partial charge in [0.1, 0.15) is 0 Å². The van der Waals surface area contributed by atoms with Crippen LogP contribution < -0.4 is 0 Å². The van der Waals surface area contributed by atoms with Crippen LogP contribution in [0.2, 0.25) is 0 Å². The van der Waals surface area contributed by atoms with Gasteiger partial charge in [0.15, 0.2) is 5.69 Å². The first-order chi connectivity index (χ1) is 12.5. The molecule has 146 valence electrons. The van der Waals surface area contributed by atoms with Crippen LogP contribution in [0, 0.1) is 0 Å². The molecule has 1 heterocycles. The number of aromatic nitrogens is 2. The van der Waals surface area contributed by atoms with Crippen LogP contribution in [0.15, 0.2) is 18.2 Å². The Morgan fingerprint density at radius 3 is 2.00 bits per heavy atom. The highest BCUT2D eigenvalue weighted by molar-refractivity contribution is 5.87. The fourth-order valence-corrected chi connectivity index (χ4v) is 3.22. The van der Waals surface area contributed by atoms with Crippen molar-refractivity contribution in [2.75, 3.05) is 0 Å². The molecule has 0 amide bonds. The van der Waals surface area contributed by atoms with E-state index in [0.29, 0.717) is 49.1 Å². The molecule has 0 saturated carbocycles. The zero-order chi connectivity index (χ0) is 20.0. The van der Waals surface area contributed by atoms with Gasteiger partial charge in [0.25, 0.3) is 0 Å². The summed E-state index contributed by atoms with van der Waals surface area (Å²) in [7, 11) is 0. The van der Waals surface area contributed by atoms with E-state index < -0.39 is 35.1 Å². The molecule has 1 aliphatic carbocycles. The molecule has 10 heteroatoms. The zero-order valence-electron chi connectivity index (χ0n) is 13.8. The quantitative estimate of drug-likeness (QED) is 0.586. The summed E-state index contributed by atoms with van der Waals surface area (Å²) in [5, 5.41) is 13.2. The lowest BCUT2D eigenvalue weighted by molar-refractivity contribution is -0.143. The van der Waals surface area contributed by atoms with Crippen molar-refractivity contribution in [1.29, 1.82) is 0 Å². The van der Waals surface area contributed by atoms with Crippen LogP contribution in [0.1, 0.15) is 52.1 Å². The number of carboxylic acids is 1. The molecule has 1 N–H and O–H groups in total. The Kier molecular flexibility index (Phi) is 4.69. The van der Waals surface area contributed by atoms with Crippen molar-refractivity contribution in [2.45, 2.75) is 44.5 Å². The van der Waals surface area contributed by atoms with Gasteiger partial charge < -0.3 is 5.11 Å². The predicted octanol–water partition coefficient (Wildman–Crippen LogP) is 4.88. The second-order valence-electron chi connectivity index (χ2n) is 6.32. The zero-order valence-corrected chi connectivity index (χ0v) is 13.8. The maximum atomic E-state index is 13.1. The van der Waals surface area contributed by atoms with E-state index in [4.69, 9.17) is 0 Å². The normalized spacial score (nSPS) is 15.3. The molecule has 0 radical (unpaired) electrons. The van der Waals surface area contributed by atoms with E-state index >= 15 is 0 Å². The monoisotopic (exact) mass is 392 g/mol. The van der Waals surface area contributed by atoms with E-state index in [1.807, 2.05) is 0 Å². The Labute approximate surface area is 149 Å². The smallest absolute Gasteiger partial charge is 0.416 e. The van der Waals surface area contributed by atoms with E-state index in [1.54, 1.807) is 0 Å². The van der Waals surface area contributed by atoms with Gasteiger partial charge in [-0.15, -0.1) is 0 Å². The summed E-state index contributed by atoms with van der Waals surface area (Å²) in [5.74, 6) is -1.37. The highest BCUT2D eigenvalue weighted by Gasteiger charge is 2.37. The topological polar surface area (TPSA) is 55.1 Å². The van der Waals surface area contributed by atoms with Crippen LogP contribution in [0.25, 0.3) is 5.69 Å². The minimum absolute atomic E-state index is 0.0315. The molecular formula is C17H14F6N2O2. The van der Waals surface area contributed by atoms with Gasteiger partial charge in [-0.25, -0.2) is 9.48 Å². The Morgan fingerprint density at radius 2 is 1.48 bits per heavy atom. The van der Waals surface area contributed by atoms with Crippen molar-refractivity contribution >= 4 is 5.97 Å². The van der Waals surface area contributed by atoms with Gasteiger partial charge in [-0.3, -0.25) is 0 Å². The van der Waals surface area contributed by atoms with Crippen molar-refractivity contribution in [3.63, 3.8) is 0 Å². The van der Waals surface area contributed by atoms with Gasteiger partial charge in [0.05, 0.1) is 16.8 Å². The van der Waals surface area contributed by atoms with Gasteiger partial charge in [-0.1, -0.05) is 6.42 Å². The molecule has 0 saturated heterocycles. The van der Waals surface area contributed by atoms with Gasteiger partial charge in [-0.05, 0) is 43.9 Å². The number of carbonyl (C=O) groups is 1. The van der Waals surface area contributed by atoms with Gasteiger partial charge in [0.2, 0.25) is 0 Å². The predicted molar refractivity (Wildman–Crippen MR) is 81.8 cm³/mol. The fraction of sp³-hybridized carbons (Fsp3) is 0.412. The summed E-state index contributed by atoms with van der Waals surface area (Å²) in [6.07, 6.45) is -7.19. The first kappa shape index (κ1) is 19.2. The van der Waals surface area contributed by atoms with Crippen LogP contribution in [-0.2, 0) is 25.2 Å². The van der Waals surface area contributed by atoms with Gasteiger partial charge >= 0.3 is 18.3 Å². The number of rotatable bonds is 2. The summed E-state index contributed by atoms with van der Waals surface area (Å²) in [5.41, 5.74) is -3.02. The summed E-state index contributed by atoms with van der Waals surface area (Å²) in [6, 6.07) is 1.14. The number of nitrogens with zero attached hydrogens (tertiary/aromatic N) is 2. The number of carboxylic acid groups (broad SMARTS) is 1. The summed E-state index contributed by atoms with van der Waals surface area (Å²) < 4.78 is 79.5. The molecule has 1 aromatic heterocycles. The molecule has 1 aliphatic rings. The molecule has 0 fully saturated rings. The number of hydrogen-bond donors (Lipinski definition) is 1. The van der Waals surface area contributed by atoms with Crippen LogP contribution in [0.3, 0.4) is 0 Å². The molecule has 27 heavy (non-hydrogen) atoms. The lowest BCUT2D eigenvalue weighted by Gasteiger charge is -2.15. The molecule has 0 bridgehead atoms. The first-order valence-electron chi connectivity index (χ1n) is 8.12. The Balaban J connectivity index is 2.26. The van der Waals surface area contributed by atoms with Crippen LogP contribution >= 0.6 is 0 Å². The lowest BCUT2D eigenvalue weighted by atomic mass is 10.1. The maximum Gasteiger partial charge on any atom is 0.416 e. The van der Waals surface area contributed by atoms with Crippen molar-refractivity contribution in [3.05, 3.63) is 46.3 Å². The number of fused-ring (bicyclic) bond motifs is 1. The standard InChI is InChI=1S/C17H14F6N2O2/c18-16(19,20)9-6-10(17(21,22)23)8-11(7-9)25-13-5-3-1-2-4-12(13)14(24-25)15(26)27/h6-8H,1-5H2,(H,26,27). The third-order valence-corrected chi connectivity index (χ3v) is 4.45. The molecule has 4 nitrogen and oxygen atoms in total. The molecular weight excluding hydrogens is 378 g/mol. The third-order valence-electron chi connectivity index (χ3n) is 4.45. The molecule has 0 atom stereocenters. The highest BCUT2D eigenvalue weighted by atomic mass is 19.4. The number of halogens is 6. The fourth-order valence-electron chi connectivity index (χ4n) is 3.22. The van der Waals surface area contributed by atoms with Crippen molar-refractivity contribution in [2.24, 2.45) is 0 Å². The van der Waals surface area contributed by atoms with Crippen molar-refractivity contribution in [1.82, 2.24) is 9.78 Å². The number of benzene rings is 1. The highest BCUT2D eigenvalue weighted by Crippen LogP contribution is 2.38. The second kappa shape index (κ2) is 6.58. The largest absolute Gasteiger partial charge is 0.476 e. The molecule has 3 rings (SSSR count). The SMILES string of the molecule is O=C(O)c1nn(-c2cc(C(F)(F)F)cc(C(F)(F)F)c2)c2c1CCCCC2.